The third kappa shape index (κ3) is 1.95. The van der Waals surface area contributed by atoms with Gasteiger partial charge in [-0.05, 0) is 17.3 Å². The van der Waals surface area contributed by atoms with Crippen molar-refractivity contribution in [3.63, 3.8) is 0 Å². The Morgan fingerprint density at radius 1 is 1.25 bits per heavy atom. The van der Waals surface area contributed by atoms with Crippen molar-refractivity contribution >= 4 is 33.6 Å². The molecule has 1 aromatic carbocycles. The fourth-order valence-electron chi connectivity index (χ4n) is 2.35. The van der Waals surface area contributed by atoms with Gasteiger partial charge in [0.2, 0.25) is 11.3 Å². The summed E-state index contributed by atoms with van der Waals surface area (Å²) in [6.45, 7) is 0. The summed E-state index contributed by atoms with van der Waals surface area (Å²) in [7, 11) is 0. The van der Waals surface area contributed by atoms with E-state index in [0.717, 1.165) is 6.07 Å². The highest BCUT2D eigenvalue weighted by Gasteiger charge is 2.17. The molecule has 0 atom stereocenters. The fraction of sp³-hybridized carbons (Fsp3) is 0. The lowest BCUT2D eigenvalue weighted by molar-refractivity contribution is -0.384. The quantitative estimate of drug-likeness (QED) is 0.310. The van der Waals surface area contributed by atoms with Crippen LogP contribution in [-0.4, -0.2) is 30.5 Å². The molecule has 0 radical (unpaired) electrons. The normalized spacial score (nSPS) is 11.2. The number of rotatable bonds is 2. The first kappa shape index (κ1) is 13.8. The average Bonchev–Trinajstić information content (AvgIpc) is 3.09. The molecule has 0 aliphatic rings. The minimum absolute atomic E-state index is 0.0148. The van der Waals surface area contributed by atoms with Crippen molar-refractivity contribution in [2.45, 2.75) is 0 Å². The van der Waals surface area contributed by atoms with Gasteiger partial charge in [-0.1, -0.05) is 0 Å². The summed E-state index contributed by atoms with van der Waals surface area (Å²) in [4.78, 5) is 26.9. The average molecular weight is 325 g/mol. The number of pyridine rings is 1. The second-order valence-electron chi connectivity index (χ2n) is 4.87. The molecule has 3 aromatic heterocycles. The highest BCUT2D eigenvalue weighted by atomic mass is 16.6. The van der Waals surface area contributed by atoms with Gasteiger partial charge >= 0.3 is 0 Å². The van der Waals surface area contributed by atoms with E-state index >= 15 is 0 Å². The highest BCUT2D eigenvalue weighted by Crippen LogP contribution is 2.27. The molecule has 3 heterocycles. The van der Waals surface area contributed by atoms with Crippen molar-refractivity contribution in [2.75, 3.05) is 5.73 Å². The largest absolute Gasteiger partial charge is 0.454 e. The maximum Gasteiger partial charge on any atom is 0.270 e. The Morgan fingerprint density at radius 2 is 2.08 bits per heavy atom. The molecule has 0 amide bonds. The number of aromatic nitrogens is 5. The van der Waals surface area contributed by atoms with Crippen molar-refractivity contribution in [1.82, 2.24) is 25.6 Å². The van der Waals surface area contributed by atoms with Crippen molar-refractivity contribution in [2.24, 2.45) is 0 Å². The lowest BCUT2D eigenvalue weighted by Crippen LogP contribution is -2.07. The Bertz CT molecular complexity index is 1170. The summed E-state index contributed by atoms with van der Waals surface area (Å²) in [5, 5.41) is 24.3. The molecule has 3 N–H and O–H groups in total. The van der Waals surface area contributed by atoms with Crippen LogP contribution in [0.3, 0.4) is 0 Å². The van der Waals surface area contributed by atoms with E-state index in [0.29, 0.717) is 5.56 Å². The molecule has 11 heteroatoms. The monoisotopic (exact) mass is 325 g/mol. The van der Waals surface area contributed by atoms with Gasteiger partial charge < -0.3 is 10.2 Å². The lowest BCUT2D eigenvalue weighted by atomic mass is 10.1. The van der Waals surface area contributed by atoms with E-state index in [1.165, 1.54) is 18.2 Å². The second kappa shape index (κ2) is 4.81. The van der Waals surface area contributed by atoms with Crippen molar-refractivity contribution in [3.05, 3.63) is 44.6 Å². The van der Waals surface area contributed by atoms with Crippen LogP contribution in [0.1, 0.15) is 0 Å². The summed E-state index contributed by atoms with van der Waals surface area (Å²) < 4.78 is 5.63. The number of nitrogens with one attached hydrogen (secondary N) is 1. The zero-order chi connectivity index (χ0) is 16.8. The summed E-state index contributed by atoms with van der Waals surface area (Å²) in [6.07, 6.45) is 0. The Morgan fingerprint density at radius 3 is 2.79 bits per heavy atom. The number of fused-ring (bicyclic) bond motifs is 2. The topological polar surface area (TPSA) is 167 Å². The molecule has 11 nitrogen and oxygen atoms in total. The number of nitrogens with two attached hydrogens (primary N) is 1. The van der Waals surface area contributed by atoms with E-state index < -0.39 is 10.4 Å². The number of tetrazole rings is 1. The van der Waals surface area contributed by atoms with Crippen molar-refractivity contribution in [1.29, 1.82) is 0 Å². The van der Waals surface area contributed by atoms with Gasteiger partial charge in [-0.2, -0.15) is 5.21 Å². The molecule has 4 rings (SSSR count). The molecule has 0 spiro atoms. The molecule has 4 aromatic rings. The smallest absolute Gasteiger partial charge is 0.270 e. The molecule has 0 saturated carbocycles. The molecule has 118 valence electrons. The number of nitrogen functional groups attached to an aromatic ring is 1. The molecular formula is C13H7N7O4. The Balaban J connectivity index is 2.06. The molecular weight excluding hydrogens is 318 g/mol. The number of nitrogens with zero attached hydrogens (tertiary/aromatic N) is 5. The zero-order valence-corrected chi connectivity index (χ0v) is 11.8. The fourth-order valence-corrected chi connectivity index (χ4v) is 2.35. The van der Waals surface area contributed by atoms with Crippen LogP contribution in [0.4, 0.5) is 11.5 Å². The van der Waals surface area contributed by atoms with Gasteiger partial charge in [0.1, 0.15) is 11.4 Å². The third-order valence-corrected chi connectivity index (χ3v) is 3.46. The maximum atomic E-state index is 12.6. The number of H-pyrrole nitrogens is 1. The Labute approximate surface area is 131 Å². The van der Waals surface area contributed by atoms with Crippen LogP contribution in [0.25, 0.3) is 33.5 Å². The number of aromatic amines is 1. The standard InChI is InChI=1S/C13H7N7O4/c14-12-7(13-16-18-19-17-13)4-9-10(15-12)11(21)6-3-5(20(22)23)1-2-8(6)24-9/h1-4H,(H2,14,15)(H,16,17,18,19). The number of nitro benzene ring substituents is 1. The van der Waals surface area contributed by atoms with Crippen molar-refractivity contribution in [3.8, 4) is 11.4 Å². The van der Waals surface area contributed by atoms with Gasteiger partial charge in [-0.3, -0.25) is 14.9 Å². The molecule has 0 aliphatic heterocycles. The van der Waals surface area contributed by atoms with Gasteiger partial charge in [0.05, 0.1) is 15.9 Å². The zero-order valence-electron chi connectivity index (χ0n) is 11.8. The molecule has 0 fully saturated rings. The van der Waals surface area contributed by atoms with Gasteiger partial charge in [-0.25, -0.2) is 4.98 Å². The first-order valence-electron chi connectivity index (χ1n) is 6.60. The minimum atomic E-state index is -0.593. The summed E-state index contributed by atoms with van der Waals surface area (Å²) in [5.41, 5.74) is 5.79. The first-order valence-corrected chi connectivity index (χ1v) is 6.60. The van der Waals surface area contributed by atoms with Crippen LogP contribution in [0, 0.1) is 10.1 Å². The number of non-ortho nitro benzene ring substituents is 1. The van der Waals surface area contributed by atoms with Crippen molar-refractivity contribution < 1.29 is 9.34 Å². The summed E-state index contributed by atoms with van der Waals surface area (Å²) in [5.74, 6) is 0.217. The molecule has 0 aliphatic carbocycles. The Kier molecular flexibility index (Phi) is 2.75. The number of hydrogen-bond acceptors (Lipinski definition) is 9. The second-order valence-corrected chi connectivity index (χ2v) is 4.87. The van der Waals surface area contributed by atoms with E-state index in [1.54, 1.807) is 0 Å². The van der Waals surface area contributed by atoms with Gasteiger partial charge in [0.25, 0.3) is 5.69 Å². The predicted molar refractivity (Wildman–Crippen MR) is 82.0 cm³/mol. The maximum absolute atomic E-state index is 12.6. The van der Waals surface area contributed by atoms with Gasteiger partial charge in [0.15, 0.2) is 11.1 Å². The molecule has 0 saturated heterocycles. The number of anilines is 1. The van der Waals surface area contributed by atoms with Crippen LogP contribution in [0.5, 0.6) is 0 Å². The number of nitro groups is 1. The summed E-state index contributed by atoms with van der Waals surface area (Å²) in [6, 6.07) is 5.23. The third-order valence-electron chi connectivity index (χ3n) is 3.46. The SMILES string of the molecule is Nc1nc2c(=O)c3cc([N+](=O)[O-])ccc3oc2cc1-c1nn[nH]n1. The van der Waals surface area contributed by atoms with Gasteiger partial charge in [-0.15, -0.1) is 10.2 Å². The first-order chi connectivity index (χ1) is 11.5. The number of benzene rings is 1. The van der Waals surface area contributed by atoms with E-state index in [-0.39, 0.29) is 39.4 Å². The van der Waals surface area contributed by atoms with Gasteiger partial charge in [0, 0.05) is 12.1 Å². The van der Waals surface area contributed by atoms with E-state index in [2.05, 4.69) is 25.6 Å². The predicted octanol–water partition coefficient (Wildman–Crippen LogP) is 1.01. The van der Waals surface area contributed by atoms with E-state index in [9.17, 15) is 14.9 Å². The van der Waals surface area contributed by atoms with E-state index in [1.807, 2.05) is 0 Å². The lowest BCUT2D eigenvalue weighted by Gasteiger charge is -2.04. The Hall–Kier alpha value is -3.89. The van der Waals surface area contributed by atoms with Crippen LogP contribution in [-0.2, 0) is 0 Å². The van der Waals surface area contributed by atoms with Crippen LogP contribution in [0.15, 0.2) is 33.5 Å². The van der Waals surface area contributed by atoms with Crippen LogP contribution < -0.4 is 11.2 Å². The molecule has 24 heavy (non-hydrogen) atoms. The molecule has 0 bridgehead atoms. The highest BCUT2D eigenvalue weighted by molar-refractivity contribution is 5.91. The number of hydrogen-bond donors (Lipinski definition) is 2. The van der Waals surface area contributed by atoms with E-state index in [4.69, 9.17) is 10.2 Å². The van der Waals surface area contributed by atoms with Crippen LogP contribution >= 0.6 is 0 Å². The summed E-state index contributed by atoms with van der Waals surface area (Å²) >= 11 is 0. The minimum Gasteiger partial charge on any atom is -0.454 e. The molecule has 0 unspecified atom stereocenters. The van der Waals surface area contributed by atoms with Crippen LogP contribution in [0.2, 0.25) is 0 Å².